The topological polar surface area (TPSA) is 72.9 Å². The average molecular weight is 323 g/mol. The molecular formula is C17H29N3O3. The number of hydrogen-bond donors (Lipinski definition) is 2. The lowest BCUT2D eigenvalue weighted by molar-refractivity contribution is -0.134. The van der Waals surface area contributed by atoms with E-state index in [1.165, 1.54) is 24.2 Å². The number of carbonyl (C=O) groups is 2. The fraction of sp³-hybridized carbons (Fsp3) is 0.882. The molecule has 1 heterocycles. The van der Waals surface area contributed by atoms with E-state index in [2.05, 4.69) is 10.2 Å². The van der Waals surface area contributed by atoms with Crippen LogP contribution in [0.1, 0.15) is 51.9 Å². The molecule has 2 saturated carbocycles. The first-order valence-electron chi connectivity index (χ1n) is 8.94. The number of rotatable bonds is 6. The first-order chi connectivity index (χ1) is 10.9. The summed E-state index contributed by atoms with van der Waals surface area (Å²) in [7, 11) is 1.99. The SMILES string of the molecule is CN(CC(O)CN1C(=O)NC(C)(C2CCCCC2)C1=O)C1CC1. The van der Waals surface area contributed by atoms with Crippen molar-refractivity contribution in [2.24, 2.45) is 5.92 Å². The number of imide groups is 1. The standard InChI is InChI=1S/C17H29N3O3/c1-17(12-6-4-3-5-7-12)15(22)20(16(23)18-17)11-14(21)10-19(2)13-8-9-13/h12-14,21H,3-11H2,1-2H3,(H,18,23). The zero-order chi connectivity index (χ0) is 16.6. The van der Waals surface area contributed by atoms with Crippen molar-refractivity contribution in [3.05, 3.63) is 0 Å². The zero-order valence-corrected chi connectivity index (χ0v) is 14.3. The third kappa shape index (κ3) is 3.38. The molecule has 1 aliphatic heterocycles. The quantitative estimate of drug-likeness (QED) is 0.723. The Kier molecular flexibility index (Phi) is 4.65. The van der Waals surface area contributed by atoms with Crippen molar-refractivity contribution in [1.29, 1.82) is 0 Å². The maximum atomic E-state index is 12.8. The van der Waals surface area contributed by atoms with Gasteiger partial charge in [0.05, 0.1) is 12.6 Å². The second-order valence-electron chi connectivity index (χ2n) is 7.71. The minimum atomic E-state index is -0.792. The van der Waals surface area contributed by atoms with E-state index in [0.29, 0.717) is 12.6 Å². The molecule has 0 aromatic heterocycles. The van der Waals surface area contributed by atoms with E-state index in [9.17, 15) is 14.7 Å². The molecule has 0 bridgehead atoms. The minimum Gasteiger partial charge on any atom is -0.390 e. The lowest BCUT2D eigenvalue weighted by Gasteiger charge is -2.34. The van der Waals surface area contributed by atoms with Crippen molar-refractivity contribution in [3.63, 3.8) is 0 Å². The predicted octanol–water partition coefficient (Wildman–Crippen LogP) is 1.33. The summed E-state index contributed by atoms with van der Waals surface area (Å²) in [6.45, 7) is 2.44. The molecule has 130 valence electrons. The molecule has 1 saturated heterocycles. The summed E-state index contributed by atoms with van der Waals surface area (Å²) in [5.41, 5.74) is -0.792. The van der Waals surface area contributed by atoms with Gasteiger partial charge in [0, 0.05) is 12.6 Å². The van der Waals surface area contributed by atoms with Crippen LogP contribution in [-0.2, 0) is 4.79 Å². The fourth-order valence-corrected chi connectivity index (χ4v) is 4.10. The van der Waals surface area contributed by atoms with Crippen LogP contribution in [0.3, 0.4) is 0 Å². The van der Waals surface area contributed by atoms with Crippen LogP contribution in [0.15, 0.2) is 0 Å². The number of nitrogens with one attached hydrogen (secondary N) is 1. The van der Waals surface area contributed by atoms with Crippen LogP contribution in [-0.4, -0.2) is 64.7 Å². The van der Waals surface area contributed by atoms with E-state index in [0.717, 1.165) is 25.7 Å². The lowest BCUT2D eigenvalue weighted by Crippen LogP contribution is -2.51. The molecule has 6 heteroatoms. The van der Waals surface area contributed by atoms with Gasteiger partial charge < -0.3 is 15.3 Å². The largest absolute Gasteiger partial charge is 0.390 e. The smallest absolute Gasteiger partial charge is 0.325 e. The number of carbonyl (C=O) groups excluding carboxylic acids is 2. The van der Waals surface area contributed by atoms with Crippen molar-refractivity contribution in [1.82, 2.24) is 15.1 Å². The number of aliphatic hydroxyl groups is 1. The highest BCUT2D eigenvalue weighted by atomic mass is 16.3. The average Bonchev–Trinajstić information content (AvgIpc) is 3.34. The van der Waals surface area contributed by atoms with Crippen LogP contribution in [0.25, 0.3) is 0 Å². The van der Waals surface area contributed by atoms with Gasteiger partial charge in [0.1, 0.15) is 5.54 Å². The van der Waals surface area contributed by atoms with Crippen molar-refractivity contribution in [2.75, 3.05) is 20.1 Å². The Morgan fingerprint density at radius 1 is 1.26 bits per heavy atom. The second kappa shape index (κ2) is 6.40. The van der Waals surface area contributed by atoms with Crippen molar-refractivity contribution in [2.45, 2.75) is 69.6 Å². The summed E-state index contributed by atoms with van der Waals surface area (Å²) in [5, 5.41) is 13.2. The predicted molar refractivity (Wildman–Crippen MR) is 86.9 cm³/mol. The van der Waals surface area contributed by atoms with Crippen LogP contribution >= 0.6 is 0 Å². The third-order valence-electron chi connectivity index (χ3n) is 5.79. The van der Waals surface area contributed by atoms with E-state index in [1.807, 2.05) is 14.0 Å². The molecule has 6 nitrogen and oxygen atoms in total. The van der Waals surface area contributed by atoms with Crippen LogP contribution in [0.4, 0.5) is 4.79 Å². The molecule has 0 spiro atoms. The summed E-state index contributed by atoms with van der Waals surface area (Å²) in [4.78, 5) is 28.4. The first kappa shape index (κ1) is 16.7. The van der Waals surface area contributed by atoms with Crippen molar-refractivity contribution in [3.8, 4) is 0 Å². The number of hydrogen-bond acceptors (Lipinski definition) is 4. The van der Waals surface area contributed by atoms with Gasteiger partial charge in [-0.25, -0.2) is 4.79 Å². The molecule has 3 aliphatic rings. The van der Waals surface area contributed by atoms with E-state index >= 15 is 0 Å². The molecule has 0 aromatic carbocycles. The van der Waals surface area contributed by atoms with Gasteiger partial charge in [0.15, 0.2) is 0 Å². The molecule has 23 heavy (non-hydrogen) atoms. The number of β-amino-alcohol motifs (C(OH)–C–C–N with tert-alkyl or cyclic N) is 1. The van der Waals surface area contributed by atoms with Gasteiger partial charge >= 0.3 is 6.03 Å². The highest BCUT2D eigenvalue weighted by Gasteiger charge is 2.52. The van der Waals surface area contributed by atoms with Gasteiger partial charge in [-0.1, -0.05) is 19.3 Å². The lowest BCUT2D eigenvalue weighted by atomic mass is 9.75. The maximum Gasteiger partial charge on any atom is 0.325 e. The molecule has 2 unspecified atom stereocenters. The van der Waals surface area contributed by atoms with Crippen molar-refractivity contribution >= 4 is 11.9 Å². The Balaban J connectivity index is 1.61. The van der Waals surface area contributed by atoms with Gasteiger partial charge in [-0.05, 0) is 45.6 Å². The van der Waals surface area contributed by atoms with E-state index in [1.54, 1.807) is 0 Å². The van der Waals surface area contributed by atoms with Crippen molar-refractivity contribution < 1.29 is 14.7 Å². The van der Waals surface area contributed by atoms with Gasteiger partial charge in [-0.2, -0.15) is 0 Å². The monoisotopic (exact) mass is 323 g/mol. The number of aliphatic hydroxyl groups excluding tert-OH is 1. The van der Waals surface area contributed by atoms with Gasteiger partial charge in [0.25, 0.3) is 5.91 Å². The summed E-state index contributed by atoms with van der Waals surface area (Å²) < 4.78 is 0. The Hall–Kier alpha value is -1.14. The summed E-state index contributed by atoms with van der Waals surface area (Å²) in [5.74, 6) is 0.0477. The third-order valence-corrected chi connectivity index (χ3v) is 5.79. The highest BCUT2D eigenvalue weighted by molar-refractivity contribution is 6.07. The normalized spacial score (nSPS) is 30.9. The Bertz CT molecular complexity index is 474. The molecule has 2 aliphatic carbocycles. The molecule has 2 N–H and O–H groups in total. The number of amides is 3. The highest BCUT2D eigenvalue weighted by Crippen LogP contribution is 2.36. The van der Waals surface area contributed by atoms with Crippen LogP contribution < -0.4 is 5.32 Å². The molecule has 0 radical (unpaired) electrons. The van der Waals surface area contributed by atoms with E-state index < -0.39 is 11.6 Å². The first-order valence-corrected chi connectivity index (χ1v) is 8.94. The van der Waals surface area contributed by atoms with Gasteiger partial charge in [0.2, 0.25) is 0 Å². The Morgan fingerprint density at radius 3 is 2.52 bits per heavy atom. The van der Waals surface area contributed by atoms with Gasteiger partial charge in [-0.3, -0.25) is 9.69 Å². The summed E-state index contributed by atoms with van der Waals surface area (Å²) >= 11 is 0. The van der Waals surface area contributed by atoms with Crippen LogP contribution in [0.2, 0.25) is 0 Å². The molecule has 3 rings (SSSR count). The van der Waals surface area contributed by atoms with Gasteiger partial charge in [-0.15, -0.1) is 0 Å². The summed E-state index contributed by atoms with van der Waals surface area (Å²) in [6.07, 6.45) is 7.09. The van der Waals surface area contributed by atoms with Crippen LogP contribution in [0, 0.1) is 5.92 Å². The Morgan fingerprint density at radius 2 is 1.91 bits per heavy atom. The molecule has 0 aromatic rings. The fourth-order valence-electron chi connectivity index (χ4n) is 4.10. The number of likely N-dealkylation sites (N-methyl/N-ethyl adjacent to an activating group) is 1. The molecular weight excluding hydrogens is 294 g/mol. The molecule has 3 fully saturated rings. The molecule has 3 amide bonds. The second-order valence-corrected chi connectivity index (χ2v) is 7.71. The number of nitrogens with zero attached hydrogens (tertiary/aromatic N) is 2. The number of urea groups is 1. The molecule has 2 atom stereocenters. The summed E-state index contributed by atoms with van der Waals surface area (Å²) in [6, 6.07) is 0.205. The van der Waals surface area contributed by atoms with Crippen LogP contribution in [0.5, 0.6) is 0 Å². The Labute approximate surface area is 138 Å². The minimum absolute atomic E-state index is 0.0873. The maximum absolute atomic E-state index is 12.8. The van der Waals surface area contributed by atoms with E-state index in [-0.39, 0.29) is 24.4 Å². The van der Waals surface area contributed by atoms with E-state index in [4.69, 9.17) is 0 Å². The zero-order valence-electron chi connectivity index (χ0n) is 14.3.